The largest absolute Gasteiger partial charge is 0.395 e. The van der Waals surface area contributed by atoms with Crippen molar-refractivity contribution in [3.8, 4) is 0 Å². The molecule has 0 bridgehead atoms. The highest BCUT2D eigenvalue weighted by molar-refractivity contribution is 7.99. The molecule has 0 atom stereocenters. The molecule has 0 aliphatic rings. The van der Waals surface area contributed by atoms with Crippen LogP contribution in [0.15, 0.2) is 40.4 Å². The third kappa shape index (κ3) is 2.65. The maximum atomic E-state index is 5.76. The predicted octanol–water partition coefficient (Wildman–Crippen LogP) is 3.17. The molecule has 0 saturated heterocycles. The van der Waals surface area contributed by atoms with Crippen LogP contribution >= 0.6 is 23.4 Å². The number of anilines is 1. The summed E-state index contributed by atoms with van der Waals surface area (Å²) in [5, 5.41) is 0.896. The van der Waals surface area contributed by atoms with Gasteiger partial charge in [-0.2, -0.15) is 0 Å². The van der Waals surface area contributed by atoms with Gasteiger partial charge in [-0.15, -0.1) is 0 Å². The van der Waals surface area contributed by atoms with E-state index >= 15 is 0 Å². The quantitative estimate of drug-likeness (QED) is 0.658. The minimum absolute atomic E-state index is 0.212. The van der Waals surface area contributed by atoms with E-state index in [1.165, 1.54) is 23.5 Å². The molecule has 5 heteroatoms. The summed E-state index contributed by atoms with van der Waals surface area (Å²) >= 11 is 7.19. The molecule has 1 aromatic heterocycles. The van der Waals surface area contributed by atoms with Gasteiger partial charge in [-0.3, -0.25) is 0 Å². The molecule has 0 aliphatic carbocycles. The highest BCUT2D eigenvalue weighted by atomic mass is 35.5. The molecule has 2 N–H and O–H groups in total. The molecule has 82 valence electrons. The third-order valence-corrected chi connectivity index (χ3v) is 3.20. The molecular formula is C11H10ClN3S. The lowest BCUT2D eigenvalue weighted by Gasteiger charge is -2.04. The molecule has 0 spiro atoms. The molecule has 0 amide bonds. The number of hydrogen-bond donors (Lipinski definition) is 1. The van der Waals surface area contributed by atoms with Crippen molar-refractivity contribution in [2.45, 2.75) is 16.8 Å². The monoisotopic (exact) mass is 251 g/mol. The summed E-state index contributed by atoms with van der Waals surface area (Å²) in [6.45, 7) is 2.05. The van der Waals surface area contributed by atoms with Crippen molar-refractivity contribution in [1.82, 2.24) is 9.97 Å². The van der Waals surface area contributed by atoms with E-state index in [2.05, 4.69) is 9.97 Å². The van der Waals surface area contributed by atoms with Crippen LogP contribution in [0.2, 0.25) is 5.28 Å². The molecule has 0 radical (unpaired) electrons. The maximum absolute atomic E-state index is 5.76. The molecule has 0 aliphatic heterocycles. The van der Waals surface area contributed by atoms with Gasteiger partial charge in [0.2, 0.25) is 5.28 Å². The molecule has 3 nitrogen and oxygen atoms in total. The van der Waals surface area contributed by atoms with Crippen molar-refractivity contribution in [2.75, 3.05) is 5.73 Å². The topological polar surface area (TPSA) is 51.8 Å². The van der Waals surface area contributed by atoms with Gasteiger partial charge in [0, 0.05) is 4.90 Å². The summed E-state index contributed by atoms with van der Waals surface area (Å²) < 4.78 is 0. The Labute approximate surface area is 103 Å². The Morgan fingerprint density at radius 2 is 1.94 bits per heavy atom. The first-order valence-corrected chi connectivity index (χ1v) is 5.87. The zero-order valence-electron chi connectivity index (χ0n) is 8.64. The van der Waals surface area contributed by atoms with Crippen molar-refractivity contribution in [1.29, 1.82) is 0 Å². The van der Waals surface area contributed by atoms with E-state index in [0.717, 1.165) is 4.90 Å². The van der Waals surface area contributed by atoms with E-state index in [0.29, 0.717) is 10.7 Å². The molecule has 0 unspecified atom stereocenters. The van der Waals surface area contributed by atoms with E-state index in [4.69, 9.17) is 17.3 Å². The lowest BCUT2D eigenvalue weighted by Crippen LogP contribution is -1.94. The highest BCUT2D eigenvalue weighted by Gasteiger charge is 2.05. The summed E-state index contributed by atoms with van der Waals surface area (Å²) in [6, 6.07) is 8.13. The van der Waals surface area contributed by atoms with E-state index in [1.807, 2.05) is 31.2 Å². The Kier molecular flexibility index (Phi) is 3.31. The summed E-state index contributed by atoms with van der Waals surface area (Å²) in [4.78, 5) is 8.97. The Bertz CT molecular complexity index is 499. The minimum Gasteiger partial charge on any atom is -0.395 e. The second-order valence-electron chi connectivity index (χ2n) is 3.31. The van der Waals surface area contributed by atoms with Crippen molar-refractivity contribution in [3.05, 3.63) is 41.3 Å². The normalized spacial score (nSPS) is 10.4. The number of aryl methyl sites for hydroxylation is 1. The van der Waals surface area contributed by atoms with Crippen molar-refractivity contribution < 1.29 is 0 Å². The first-order valence-electron chi connectivity index (χ1n) is 4.67. The summed E-state index contributed by atoms with van der Waals surface area (Å²) in [6.07, 6.45) is 1.52. The molecular weight excluding hydrogens is 242 g/mol. The average molecular weight is 252 g/mol. The minimum atomic E-state index is 0.212. The van der Waals surface area contributed by atoms with Crippen molar-refractivity contribution in [3.63, 3.8) is 0 Å². The van der Waals surface area contributed by atoms with Gasteiger partial charge in [0.05, 0.1) is 11.9 Å². The standard InChI is InChI=1S/C11H10ClN3S/c1-7-2-4-8(5-3-7)16-10-9(13)6-14-11(12)15-10/h2-6H,13H2,1H3. The van der Waals surface area contributed by atoms with E-state index in [9.17, 15) is 0 Å². The van der Waals surface area contributed by atoms with Crippen LogP contribution in [-0.4, -0.2) is 9.97 Å². The number of nitrogens with zero attached hydrogens (tertiary/aromatic N) is 2. The van der Waals surface area contributed by atoms with Crippen LogP contribution in [0, 0.1) is 6.92 Å². The smallest absolute Gasteiger partial charge is 0.223 e. The fraction of sp³-hybridized carbons (Fsp3) is 0.0909. The Hall–Kier alpha value is -1.26. The van der Waals surface area contributed by atoms with Crippen molar-refractivity contribution in [2.24, 2.45) is 0 Å². The molecule has 0 saturated carbocycles. The lowest BCUT2D eigenvalue weighted by molar-refractivity contribution is 1.06. The summed E-state index contributed by atoms with van der Waals surface area (Å²) in [7, 11) is 0. The van der Waals surface area contributed by atoms with Crippen LogP contribution in [-0.2, 0) is 0 Å². The Morgan fingerprint density at radius 3 is 2.62 bits per heavy atom. The van der Waals surface area contributed by atoms with Crippen LogP contribution in [0.3, 0.4) is 0 Å². The number of nitrogens with two attached hydrogens (primary N) is 1. The second kappa shape index (κ2) is 4.72. The van der Waals surface area contributed by atoms with E-state index in [-0.39, 0.29) is 5.28 Å². The average Bonchev–Trinajstić information content (AvgIpc) is 2.27. The van der Waals surface area contributed by atoms with Crippen LogP contribution in [0.25, 0.3) is 0 Å². The molecule has 0 fully saturated rings. The van der Waals surface area contributed by atoms with Crippen LogP contribution in [0.1, 0.15) is 5.56 Å². The van der Waals surface area contributed by atoms with E-state index in [1.54, 1.807) is 0 Å². The van der Waals surface area contributed by atoms with Gasteiger partial charge >= 0.3 is 0 Å². The van der Waals surface area contributed by atoms with Crippen LogP contribution < -0.4 is 5.73 Å². The van der Waals surface area contributed by atoms with Gasteiger partial charge < -0.3 is 5.73 Å². The fourth-order valence-corrected chi connectivity index (χ4v) is 2.14. The van der Waals surface area contributed by atoms with Gasteiger partial charge in [0.15, 0.2) is 0 Å². The third-order valence-electron chi connectivity index (χ3n) is 1.99. The second-order valence-corrected chi connectivity index (χ2v) is 4.71. The predicted molar refractivity (Wildman–Crippen MR) is 66.8 cm³/mol. The van der Waals surface area contributed by atoms with Gasteiger partial charge in [0.25, 0.3) is 0 Å². The Morgan fingerprint density at radius 1 is 1.25 bits per heavy atom. The number of rotatable bonds is 2. The van der Waals surface area contributed by atoms with Crippen LogP contribution in [0.4, 0.5) is 5.69 Å². The molecule has 2 aromatic rings. The summed E-state index contributed by atoms with van der Waals surface area (Å²) in [5.74, 6) is 0. The first kappa shape index (κ1) is 11.2. The van der Waals surface area contributed by atoms with Crippen molar-refractivity contribution >= 4 is 29.1 Å². The molecule has 16 heavy (non-hydrogen) atoms. The van der Waals surface area contributed by atoms with Gasteiger partial charge in [0.1, 0.15) is 5.03 Å². The van der Waals surface area contributed by atoms with Gasteiger partial charge in [-0.05, 0) is 30.7 Å². The van der Waals surface area contributed by atoms with Gasteiger partial charge in [-0.25, -0.2) is 9.97 Å². The highest BCUT2D eigenvalue weighted by Crippen LogP contribution is 2.30. The Balaban J connectivity index is 2.26. The molecule has 2 rings (SSSR count). The number of halogens is 1. The zero-order valence-corrected chi connectivity index (χ0v) is 10.2. The molecule has 1 heterocycles. The maximum Gasteiger partial charge on any atom is 0.223 e. The van der Waals surface area contributed by atoms with E-state index < -0.39 is 0 Å². The number of nitrogen functional groups attached to an aromatic ring is 1. The zero-order chi connectivity index (χ0) is 11.5. The number of hydrogen-bond acceptors (Lipinski definition) is 4. The van der Waals surface area contributed by atoms with Gasteiger partial charge in [-0.1, -0.05) is 29.5 Å². The molecule has 1 aromatic carbocycles. The summed E-state index contributed by atoms with van der Waals surface area (Å²) in [5.41, 5.74) is 7.52. The number of benzene rings is 1. The fourth-order valence-electron chi connectivity index (χ4n) is 1.15. The SMILES string of the molecule is Cc1ccc(Sc2nc(Cl)ncc2N)cc1. The lowest BCUT2D eigenvalue weighted by atomic mass is 10.2. The number of aromatic nitrogens is 2. The first-order chi connectivity index (χ1) is 7.65. The van der Waals surface area contributed by atoms with Crippen LogP contribution in [0.5, 0.6) is 0 Å².